The molecule has 0 spiro atoms. The Labute approximate surface area is 133 Å². The van der Waals surface area contributed by atoms with E-state index in [9.17, 15) is 18.0 Å². The number of rotatable bonds is 5. The zero-order chi connectivity index (χ0) is 17.2. The van der Waals surface area contributed by atoms with E-state index in [1.807, 2.05) is 19.9 Å². The van der Waals surface area contributed by atoms with Crippen LogP contribution in [0.1, 0.15) is 32.9 Å². The van der Waals surface area contributed by atoms with Crippen molar-refractivity contribution in [3.05, 3.63) is 58.4 Å². The number of benzene rings is 1. The van der Waals surface area contributed by atoms with Crippen LogP contribution >= 0.6 is 0 Å². The Morgan fingerprint density at radius 2 is 1.78 bits per heavy atom. The Morgan fingerprint density at radius 1 is 1.17 bits per heavy atom. The maximum atomic E-state index is 12.5. The van der Waals surface area contributed by atoms with Crippen LogP contribution in [-0.2, 0) is 12.7 Å². The van der Waals surface area contributed by atoms with Crippen molar-refractivity contribution in [3.63, 3.8) is 0 Å². The topological polar surface area (TPSA) is 36.1 Å². The summed E-state index contributed by atoms with van der Waals surface area (Å²) in [6.45, 7) is 4.34. The summed E-state index contributed by atoms with van der Waals surface area (Å²) in [5.41, 5.74) is 2.47. The molecule has 0 fully saturated rings. The van der Waals surface area contributed by atoms with Crippen LogP contribution in [0.15, 0.2) is 30.3 Å². The lowest BCUT2D eigenvalue weighted by Gasteiger charge is -2.16. The highest BCUT2D eigenvalue weighted by atomic mass is 19.4. The van der Waals surface area contributed by atoms with Crippen molar-refractivity contribution in [3.8, 4) is 0 Å². The molecule has 0 unspecified atom stereocenters. The molecule has 23 heavy (non-hydrogen) atoms. The Kier molecular flexibility index (Phi) is 4.94. The number of likely N-dealkylation sites (N-methyl/N-ethyl adjacent to an activating group) is 1. The summed E-state index contributed by atoms with van der Waals surface area (Å²) in [4.78, 5) is 17.1. The SMILES string of the molecule is Cc1cc(C(=O)CN(C)Cc2ccc(C(F)(F)F)cc2)c(C)[nH]1. The molecule has 0 aliphatic heterocycles. The van der Waals surface area contributed by atoms with Crippen LogP contribution in [0.2, 0.25) is 0 Å². The number of aromatic amines is 1. The van der Waals surface area contributed by atoms with Crippen molar-refractivity contribution < 1.29 is 18.0 Å². The van der Waals surface area contributed by atoms with E-state index >= 15 is 0 Å². The van der Waals surface area contributed by atoms with E-state index in [0.29, 0.717) is 12.1 Å². The fourth-order valence-corrected chi connectivity index (χ4v) is 2.51. The molecule has 0 aliphatic carbocycles. The van der Waals surface area contributed by atoms with E-state index in [0.717, 1.165) is 29.1 Å². The first-order chi connectivity index (χ1) is 10.7. The third-order valence-corrected chi connectivity index (χ3v) is 3.60. The van der Waals surface area contributed by atoms with Crippen LogP contribution < -0.4 is 0 Å². The number of ketones is 1. The van der Waals surface area contributed by atoms with Gasteiger partial charge >= 0.3 is 6.18 Å². The molecule has 2 rings (SSSR count). The lowest BCUT2D eigenvalue weighted by atomic mass is 10.1. The zero-order valence-electron chi connectivity index (χ0n) is 13.3. The maximum absolute atomic E-state index is 12.5. The Hall–Kier alpha value is -2.08. The van der Waals surface area contributed by atoms with Gasteiger partial charge in [-0.15, -0.1) is 0 Å². The predicted molar refractivity (Wildman–Crippen MR) is 82.4 cm³/mol. The van der Waals surface area contributed by atoms with E-state index in [2.05, 4.69) is 4.98 Å². The highest BCUT2D eigenvalue weighted by Gasteiger charge is 2.29. The van der Waals surface area contributed by atoms with Crippen molar-refractivity contribution in [1.29, 1.82) is 0 Å². The molecular formula is C17H19F3N2O. The molecule has 0 atom stereocenters. The molecule has 6 heteroatoms. The van der Waals surface area contributed by atoms with Crippen molar-refractivity contribution in [1.82, 2.24) is 9.88 Å². The first-order valence-corrected chi connectivity index (χ1v) is 7.21. The molecule has 0 radical (unpaired) electrons. The van der Waals surface area contributed by atoms with Crippen LogP contribution in [0.25, 0.3) is 0 Å². The number of carbonyl (C=O) groups is 1. The smallest absolute Gasteiger partial charge is 0.362 e. The highest BCUT2D eigenvalue weighted by molar-refractivity contribution is 5.98. The van der Waals surface area contributed by atoms with Gasteiger partial charge in [-0.05, 0) is 44.7 Å². The highest BCUT2D eigenvalue weighted by Crippen LogP contribution is 2.29. The van der Waals surface area contributed by atoms with Gasteiger partial charge in [0.25, 0.3) is 0 Å². The van der Waals surface area contributed by atoms with E-state index in [1.165, 1.54) is 12.1 Å². The summed E-state index contributed by atoms with van der Waals surface area (Å²) in [7, 11) is 1.77. The van der Waals surface area contributed by atoms with Crippen LogP contribution in [-0.4, -0.2) is 29.3 Å². The quantitative estimate of drug-likeness (QED) is 0.845. The lowest BCUT2D eigenvalue weighted by molar-refractivity contribution is -0.137. The van der Waals surface area contributed by atoms with Crippen molar-refractivity contribution in [2.45, 2.75) is 26.6 Å². The van der Waals surface area contributed by atoms with Gasteiger partial charge in [0.1, 0.15) is 0 Å². The largest absolute Gasteiger partial charge is 0.416 e. The number of aryl methyl sites for hydroxylation is 2. The summed E-state index contributed by atoms with van der Waals surface area (Å²) in [5.74, 6) is -0.0127. The van der Waals surface area contributed by atoms with E-state index in [-0.39, 0.29) is 12.3 Å². The minimum Gasteiger partial charge on any atom is -0.362 e. The average Bonchev–Trinajstić information content (AvgIpc) is 2.77. The third kappa shape index (κ3) is 4.45. The number of halogens is 3. The minimum absolute atomic E-state index is 0.0127. The van der Waals surface area contributed by atoms with Gasteiger partial charge in [-0.25, -0.2) is 0 Å². The second-order valence-corrected chi connectivity index (χ2v) is 5.78. The molecule has 0 saturated carbocycles. The van der Waals surface area contributed by atoms with Crippen molar-refractivity contribution in [2.24, 2.45) is 0 Å². The molecule has 1 heterocycles. The van der Waals surface area contributed by atoms with E-state index in [1.54, 1.807) is 11.9 Å². The van der Waals surface area contributed by atoms with Gasteiger partial charge in [-0.3, -0.25) is 9.69 Å². The Morgan fingerprint density at radius 3 is 2.26 bits per heavy atom. The number of carbonyl (C=O) groups excluding carboxylic acids is 1. The first kappa shape index (κ1) is 17.3. The van der Waals surface area contributed by atoms with Gasteiger partial charge in [0.05, 0.1) is 12.1 Å². The fraction of sp³-hybridized carbons (Fsp3) is 0.353. The molecule has 0 saturated heterocycles. The number of aromatic nitrogens is 1. The lowest BCUT2D eigenvalue weighted by Crippen LogP contribution is -2.25. The monoisotopic (exact) mass is 324 g/mol. The van der Waals surface area contributed by atoms with Crippen LogP contribution in [0.5, 0.6) is 0 Å². The van der Waals surface area contributed by atoms with E-state index < -0.39 is 11.7 Å². The van der Waals surface area contributed by atoms with Crippen molar-refractivity contribution in [2.75, 3.05) is 13.6 Å². The standard InChI is InChI=1S/C17H19F3N2O/c1-11-8-15(12(2)21-11)16(23)10-22(3)9-13-4-6-14(7-5-13)17(18,19)20/h4-8,21H,9-10H2,1-3H3. The molecule has 0 aliphatic rings. The van der Waals surface area contributed by atoms with Crippen molar-refractivity contribution >= 4 is 5.78 Å². The Balaban J connectivity index is 1.98. The minimum atomic E-state index is -4.33. The molecule has 1 aromatic carbocycles. The zero-order valence-corrected chi connectivity index (χ0v) is 13.3. The van der Waals surface area contributed by atoms with Crippen LogP contribution in [0.3, 0.4) is 0 Å². The van der Waals surface area contributed by atoms with Crippen LogP contribution in [0.4, 0.5) is 13.2 Å². The van der Waals surface area contributed by atoms with Gasteiger partial charge in [-0.1, -0.05) is 12.1 Å². The number of nitrogens with one attached hydrogen (secondary N) is 1. The number of Topliss-reactive ketones (excluding diaryl/α,β-unsaturated/α-hetero) is 1. The molecule has 0 amide bonds. The number of nitrogens with zero attached hydrogens (tertiary/aromatic N) is 1. The molecule has 1 N–H and O–H groups in total. The molecule has 0 bridgehead atoms. The second kappa shape index (κ2) is 6.58. The molecular weight excluding hydrogens is 305 g/mol. The van der Waals surface area contributed by atoms with Gasteiger partial charge in [-0.2, -0.15) is 13.2 Å². The summed E-state index contributed by atoms with van der Waals surface area (Å²) in [5, 5.41) is 0. The van der Waals surface area contributed by atoms with Crippen LogP contribution in [0, 0.1) is 13.8 Å². The number of hydrogen-bond donors (Lipinski definition) is 1. The van der Waals surface area contributed by atoms with E-state index in [4.69, 9.17) is 0 Å². The summed E-state index contributed by atoms with van der Waals surface area (Å²) in [6, 6.07) is 6.81. The fourth-order valence-electron chi connectivity index (χ4n) is 2.51. The Bertz CT molecular complexity index is 687. The van der Waals surface area contributed by atoms with Gasteiger partial charge < -0.3 is 4.98 Å². The summed E-state index contributed by atoms with van der Waals surface area (Å²) in [6.07, 6.45) is -4.33. The number of hydrogen-bond acceptors (Lipinski definition) is 2. The molecule has 2 aromatic rings. The number of alkyl halides is 3. The third-order valence-electron chi connectivity index (χ3n) is 3.60. The average molecular weight is 324 g/mol. The predicted octanol–water partition coefficient (Wildman–Crippen LogP) is 3.97. The maximum Gasteiger partial charge on any atom is 0.416 e. The normalized spacial score (nSPS) is 12.0. The molecule has 1 aromatic heterocycles. The van der Waals surface area contributed by atoms with Gasteiger partial charge in [0, 0.05) is 23.5 Å². The van der Waals surface area contributed by atoms with Gasteiger partial charge in [0.15, 0.2) is 5.78 Å². The summed E-state index contributed by atoms with van der Waals surface area (Å²) >= 11 is 0. The first-order valence-electron chi connectivity index (χ1n) is 7.21. The molecule has 3 nitrogen and oxygen atoms in total. The summed E-state index contributed by atoms with van der Waals surface area (Å²) < 4.78 is 37.6. The number of H-pyrrole nitrogens is 1. The van der Waals surface area contributed by atoms with Gasteiger partial charge in [0.2, 0.25) is 0 Å². The second-order valence-electron chi connectivity index (χ2n) is 5.78. The molecule has 124 valence electrons.